The highest BCUT2D eigenvalue weighted by atomic mass is 16.2. The van der Waals surface area contributed by atoms with Gasteiger partial charge in [-0.25, -0.2) is 0 Å². The summed E-state index contributed by atoms with van der Waals surface area (Å²) in [6.07, 6.45) is 10.1. The molecular weight excluding hydrogens is 306 g/mol. The lowest BCUT2D eigenvalue weighted by Gasteiger charge is -2.61. The van der Waals surface area contributed by atoms with Crippen LogP contribution in [0, 0.1) is 30.6 Å². The summed E-state index contributed by atoms with van der Waals surface area (Å²) in [5, 5.41) is 0. The topological polar surface area (TPSA) is 20.3 Å². The third-order valence-corrected chi connectivity index (χ3v) is 8.09. The highest BCUT2D eigenvalue weighted by molar-refractivity contribution is 5.78. The van der Waals surface area contributed by atoms with E-state index in [4.69, 9.17) is 0 Å². The molecular formula is C23H31NO. The van der Waals surface area contributed by atoms with E-state index in [1.54, 1.807) is 0 Å². The molecule has 2 nitrogen and oxygen atoms in total. The van der Waals surface area contributed by atoms with Crippen LogP contribution < -0.4 is 0 Å². The van der Waals surface area contributed by atoms with E-state index in [1.807, 2.05) is 0 Å². The van der Waals surface area contributed by atoms with Crippen LogP contribution in [0.1, 0.15) is 62.5 Å². The number of hydrogen-bond acceptors (Lipinski definition) is 1. The number of carbonyl (C=O) groups is 1. The first-order valence-corrected chi connectivity index (χ1v) is 10.5. The van der Waals surface area contributed by atoms with E-state index >= 15 is 0 Å². The fourth-order valence-corrected chi connectivity index (χ4v) is 7.08. The van der Waals surface area contributed by atoms with Crippen LogP contribution >= 0.6 is 0 Å². The first-order valence-electron chi connectivity index (χ1n) is 10.5. The van der Waals surface area contributed by atoms with Gasteiger partial charge in [-0.1, -0.05) is 29.8 Å². The van der Waals surface area contributed by atoms with E-state index in [2.05, 4.69) is 36.1 Å². The minimum atomic E-state index is 0.126. The lowest BCUT2D eigenvalue weighted by molar-refractivity contribution is -0.138. The average Bonchev–Trinajstić information content (AvgIpc) is 3.13. The maximum atomic E-state index is 13.2. The second kappa shape index (κ2) is 5.86. The van der Waals surface area contributed by atoms with Crippen molar-refractivity contribution in [2.24, 2.45) is 23.7 Å². The number of carbonyl (C=O) groups excluding carboxylic acids is 1. The van der Waals surface area contributed by atoms with Crippen LogP contribution in [0.15, 0.2) is 24.3 Å². The lowest BCUT2D eigenvalue weighted by atomic mass is 9.43. The van der Waals surface area contributed by atoms with Crippen molar-refractivity contribution < 1.29 is 4.79 Å². The van der Waals surface area contributed by atoms with Crippen molar-refractivity contribution in [2.45, 2.75) is 63.7 Å². The summed E-state index contributed by atoms with van der Waals surface area (Å²) in [4.78, 5) is 15.4. The summed E-state index contributed by atoms with van der Waals surface area (Å²) >= 11 is 0. The molecule has 6 rings (SSSR count). The number of likely N-dealkylation sites (tertiary alicyclic amines) is 1. The van der Waals surface area contributed by atoms with Crippen LogP contribution in [-0.4, -0.2) is 23.9 Å². The van der Waals surface area contributed by atoms with E-state index in [9.17, 15) is 4.79 Å². The smallest absolute Gasteiger partial charge is 0.223 e. The molecule has 0 atom stereocenters. The summed E-state index contributed by atoms with van der Waals surface area (Å²) in [5.41, 5.74) is 2.92. The zero-order chi connectivity index (χ0) is 17.0. The molecule has 134 valence electrons. The van der Waals surface area contributed by atoms with E-state index in [0.29, 0.717) is 5.91 Å². The Morgan fingerprint density at radius 3 is 2.08 bits per heavy atom. The van der Waals surface area contributed by atoms with Gasteiger partial charge in [0.25, 0.3) is 0 Å². The van der Waals surface area contributed by atoms with Gasteiger partial charge in [-0.15, -0.1) is 0 Å². The van der Waals surface area contributed by atoms with Crippen LogP contribution in [0.3, 0.4) is 0 Å². The van der Waals surface area contributed by atoms with Gasteiger partial charge in [0.1, 0.15) is 0 Å². The highest BCUT2D eigenvalue weighted by Crippen LogP contribution is 2.64. The molecule has 0 aromatic heterocycles. The van der Waals surface area contributed by atoms with Gasteiger partial charge in [0, 0.05) is 24.9 Å². The third kappa shape index (κ3) is 2.47. The van der Waals surface area contributed by atoms with Gasteiger partial charge in [0.05, 0.1) is 0 Å². The van der Waals surface area contributed by atoms with Crippen LogP contribution in [0.25, 0.3) is 0 Å². The van der Waals surface area contributed by atoms with E-state index in [-0.39, 0.29) is 5.41 Å². The summed E-state index contributed by atoms with van der Waals surface area (Å²) < 4.78 is 0. The first kappa shape index (κ1) is 15.9. The molecule has 5 fully saturated rings. The zero-order valence-electron chi connectivity index (χ0n) is 15.5. The lowest BCUT2D eigenvalue weighted by Crippen LogP contribution is -2.57. The van der Waals surface area contributed by atoms with Gasteiger partial charge in [-0.05, 0) is 81.1 Å². The molecule has 0 radical (unpaired) electrons. The van der Waals surface area contributed by atoms with Crippen molar-refractivity contribution in [1.29, 1.82) is 0 Å². The van der Waals surface area contributed by atoms with E-state index < -0.39 is 0 Å². The number of nitrogens with zero attached hydrogens (tertiary/aromatic N) is 1. The predicted octanol–water partition coefficient (Wildman–Crippen LogP) is 4.70. The molecule has 0 spiro atoms. The summed E-state index contributed by atoms with van der Waals surface area (Å²) in [5.74, 6) is 3.80. The van der Waals surface area contributed by atoms with Crippen LogP contribution in [0.4, 0.5) is 0 Å². The molecule has 1 amide bonds. The molecule has 1 aliphatic heterocycles. The molecule has 1 aromatic carbocycles. The second-order valence-corrected chi connectivity index (χ2v) is 9.48. The van der Waals surface area contributed by atoms with Crippen molar-refractivity contribution >= 4 is 5.91 Å². The molecule has 4 aliphatic carbocycles. The van der Waals surface area contributed by atoms with Crippen molar-refractivity contribution in [1.82, 2.24) is 4.90 Å². The Hall–Kier alpha value is -1.31. The maximum Gasteiger partial charge on any atom is 0.223 e. The van der Waals surface area contributed by atoms with E-state index in [1.165, 1.54) is 56.1 Å². The summed E-state index contributed by atoms with van der Waals surface area (Å²) in [7, 11) is 0. The van der Waals surface area contributed by atoms with Gasteiger partial charge >= 0.3 is 0 Å². The monoisotopic (exact) mass is 337 g/mol. The van der Waals surface area contributed by atoms with Crippen LogP contribution in [-0.2, 0) is 10.2 Å². The number of aryl methyl sites for hydroxylation is 1. The maximum absolute atomic E-state index is 13.2. The van der Waals surface area contributed by atoms with E-state index in [0.717, 1.165) is 43.2 Å². The number of amides is 1. The van der Waals surface area contributed by atoms with Gasteiger partial charge in [-0.2, -0.15) is 0 Å². The molecule has 5 aliphatic rings. The zero-order valence-corrected chi connectivity index (χ0v) is 15.5. The molecule has 0 N–H and O–H groups in total. The average molecular weight is 338 g/mol. The van der Waals surface area contributed by atoms with Crippen molar-refractivity contribution in [3.63, 3.8) is 0 Å². The number of benzene rings is 1. The molecule has 4 saturated carbocycles. The standard InChI is InChI=1S/C23H31NO/c1-16-4-6-19(7-5-16)23(15-22(25)24-8-2-3-9-24)20-11-17-10-18(13-20)14-21(23)12-17/h4-7,17-18,20-21H,2-3,8-15H2,1H3. The molecule has 25 heavy (non-hydrogen) atoms. The Balaban J connectivity index is 1.53. The predicted molar refractivity (Wildman–Crippen MR) is 100 cm³/mol. The first-order chi connectivity index (χ1) is 12.1. The van der Waals surface area contributed by atoms with Gasteiger partial charge in [-0.3, -0.25) is 4.79 Å². The van der Waals surface area contributed by atoms with Gasteiger partial charge in [0.15, 0.2) is 0 Å². The summed E-state index contributed by atoms with van der Waals surface area (Å²) in [6, 6.07) is 9.24. The molecule has 4 bridgehead atoms. The van der Waals surface area contributed by atoms with Gasteiger partial charge < -0.3 is 4.90 Å². The quantitative estimate of drug-likeness (QED) is 0.783. The Morgan fingerprint density at radius 2 is 1.52 bits per heavy atom. The van der Waals surface area contributed by atoms with Crippen molar-refractivity contribution in [3.05, 3.63) is 35.4 Å². The number of hydrogen-bond donors (Lipinski definition) is 0. The molecule has 2 heteroatoms. The molecule has 1 aromatic rings. The SMILES string of the molecule is Cc1ccc(C2(CC(=O)N3CCCC3)C3CC4CC(C3)CC2C4)cc1. The Morgan fingerprint density at radius 1 is 0.960 bits per heavy atom. The number of rotatable bonds is 3. The molecule has 1 heterocycles. The fourth-order valence-electron chi connectivity index (χ4n) is 7.08. The minimum absolute atomic E-state index is 0.126. The van der Waals surface area contributed by atoms with Crippen LogP contribution in [0.5, 0.6) is 0 Å². The van der Waals surface area contributed by atoms with Crippen LogP contribution in [0.2, 0.25) is 0 Å². The summed E-state index contributed by atoms with van der Waals surface area (Å²) in [6.45, 7) is 4.15. The Bertz CT molecular complexity index is 627. The van der Waals surface area contributed by atoms with Gasteiger partial charge in [0.2, 0.25) is 5.91 Å². The Labute approximate surface area is 152 Å². The minimum Gasteiger partial charge on any atom is -0.343 e. The molecule has 0 unspecified atom stereocenters. The molecule has 1 saturated heterocycles. The Kier molecular flexibility index (Phi) is 3.73. The largest absolute Gasteiger partial charge is 0.343 e. The van der Waals surface area contributed by atoms with Crippen molar-refractivity contribution in [2.75, 3.05) is 13.1 Å². The normalized spacial score (nSPS) is 39.2. The van der Waals surface area contributed by atoms with Crippen molar-refractivity contribution in [3.8, 4) is 0 Å². The third-order valence-electron chi connectivity index (χ3n) is 8.09. The highest BCUT2D eigenvalue weighted by Gasteiger charge is 2.58. The fraction of sp³-hybridized carbons (Fsp3) is 0.696. The second-order valence-electron chi connectivity index (χ2n) is 9.48.